The van der Waals surface area contributed by atoms with Gasteiger partial charge in [-0.05, 0) is 49.1 Å². The Morgan fingerprint density at radius 1 is 1.35 bits per heavy atom. The molecule has 2 atom stereocenters. The third-order valence-corrected chi connectivity index (χ3v) is 3.41. The van der Waals surface area contributed by atoms with E-state index >= 15 is 0 Å². The molecule has 0 aliphatic carbocycles. The first kappa shape index (κ1) is 11.8. The van der Waals surface area contributed by atoms with Gasteiger partial charge in [0.2, 0.25) is 0 Å². The molecule has 17 heavy (non-hydrogen) atoms. The van der Waals surface area contributed by atoms with Crippen molar-refractivity contribution in [1.82, 2.24) is 4.98 Å². The summed E-state index contributed by atoms with van der Waals surface area (Å²) in [5, 5.41) is 10.5. The summed E-state index contributed by atoms with van der Waals surface area (Å²) in [7, 11) is 0. The van der Waals surface area contributed by atoms with Crippen LogP contribution in [0.4, 0.5) is 11.5 Å². The standard InChI is InChI=1S/C12H17N3O2/c1-9-4-3-5-10(2)14(9)11-6-7-12(13-8-11)15(16)17/h6-10H,3-5H2,1-2H3/t9-,10-/m1/s1. The molecule has 1 aromatic heterocycles. The lowest BCUT2D eigenvalue weighted by Gasteiger charge is -2.40. The van der Waals surface area contributed by atoms with Gasteiger partial charge in [0.25, 0.3) is 0 Å². The van der Waals surface area contributed by atoms with Gasteiger partial charge in [0.05, 0.1) is 5.69 Å². The Balaban J connectivity index is 2.23. The zero-order chi connectivity index (χ0) is 12.4. The Morgan fingerprint density at radius 3 is 2.47 bits per heavy atom. The lowest BCUT2D eigenvalue weighted by molar-refractivity contribution is -0.389. The van der Waals surface area contributed by atoms with Crippen LogP contribution in [-0.4, -0.2) is 22.0 Å². The minimum Gasteiger partial charge on any atom is -0.363 e. The number of nitrogens with zero attached hydrogens (tertiary/aromatic N) is 3. The number of anilines is 1. The maximum Gasteiger partial charge on any atom is 0.363 e. The maximum atomic E-state index is 10.5. The summed E-state index contributed by atoms with van der Waals surface area (Å²) in [6, 6.07) is 4.22. The largest absolute Gasteiger partial charge is 0.363 e. The first-order valence-corrected chi connectivity index (χ1v) is 5.98. The molecule has 2 heterocycles. The van der Waals surface area contributed by atoms with Crippen LogP contribution in [0.5, 0.6) is 0 Å². The summed E-state index contributed by atoms with van der Waals surface area (Å²) in [5.74, 6) is -0.0916. The van der Waals surface area contributed by atoms with Gasteiger partial charge in [-0.15, -0.1) is 0 Å². The van der Waals surface area contributed by atoms with Crippen LogP contribution in [-0.2, 0) is 0 Å². The average molecular weight is 235 g/mol. The van der Waals surface area contributed by atoms with Gasteiger partial charge >= 0.3 is 5.82 Å². The van der Waals surface area contributed by atoms with Gasteiger partial charge in [0.15, 0.2) is 6.20 Å². The van der Waals surface area contributed by atoms with Crippen molar-refractivity contribution < 1.29 is 4.92 Å². The number of pyridine rings is 1. The number of hydrogen-bond acceptors (Lipinski definition) is 4. The Morgan fingerprint density at radius 2 is 2.00 bits per heavy atom. The van der Waals surface area contributed by atoms with Crippen LogP contribution in [0.2, 0.25) is 0 Å². The summed E-state index contributed by atoms with van der Waals surface area (Å²) in [6.07, 6.45) is 5.19. The Kier molecular flexibility index (Phi) is 3.26. The molecule has 1 saturated heterocycles. The smallest absolute Gasteiger partial charge is 0.363 e. The quantitative estimate of drug-likeness (QED) is 0.584. The molecular weight excluding hydrogens is 218 g/mol. The molecule has 5 nitrogen and oxygen atoms in total. The van der Waals surface area contributed by atoms with E-state index in [1.807, 2.05) is 0 Å². The van der Waals surface area contributed by atoms with Crippen molar-refractivity contribution in [2.24, 2.45) is 0 Å². The highest BCUT2D eigenvalue weighted by atomic mass is 16.6. The van der Waals surface area contributed by atoms with Gasteiger partial charge in [-0.3, -0.25) is 0 Å². The Bertz CT molecular complexity index is 395. The van der Waals surface area contributed by atoms with E-state index in [4.69, 9.17) is 0 Å². The second-order valence-corrected chi connectivity index (χ2v) is 4.67. The van der Waals surface area contributed by atoms with Gasteiger partial charge in [0, 0.05) is 18.2 Å². The van der Waals surface area contributed by atoms with Crippen LogP contribution in [0.3, 0.4) is 0 Å². The molecule has 1 aliphatic rings. The van der Waals surface area contributed by atoms with Crippen LogP contribution in [0, 0.1) is 10.1 Å². The average Bonchev–Trinajstić information content (AvgIpc) is 2.29. The van der Waals surface area contributed by atoms with Crippen LogP contribution < -0.4 is 4.90 Å². The highest BCUT2D eigenvalue weighted by molar-refractivity contribution is 5.48. The van der Waals surface area contributed by atoms with Crippen molar-refractivity contribution in [3.05, 3.63) is 28.4 Å². The van der Waals surface area contributed by atoms with Gasteiger partial charge in [-0.25, -0.2) is 0 Å². The molecule has 0 aromatic carbocycles. The third-order valence-electron chi connectivity index (χ3n) is 3.41. The van der Waals surface area contributed by atoms with Crippen LogP contribution in [0.25, 0.3) is 0 Å². The normalized spacial score (nSPS) is 24.7. The van der Waals surface area contributed by atoms with Crippen molar-refractivity contribution >= 4 is 11.5 Å². The molecule has 0 saturated carbocycles. The van der Waals surface area contributed by atoms with E-state index in [1.165, 1.54) is 25.3 Å². The number of hydrogen-bond donors (Lipinski definition) is 0. The second-order valence-electron chi connectivity index (χ2n) is 4.67. The lowest BCUT2D eigenvalue weighted by atomic mass is 9.97. The summed E-state index contributed by atoms with van der Waals surface area (Å²) < 4.78 is 0. The van der Waals surface area contributed by atoms with Crippen molar-refractivity contribution in [2.45, 2.75) is 45.2 Å². The minimum atomic E-state index is -0.465. The molecule has 1 fully saturated rings. The summed E-state index contributed by atoms with van der Waals surface area (Å²) in [4.78, 5) is 16.3. The first-order chi connectivity index (χ1) is 8.09. The molecule has 92 valence electrons. The summed E-state index contributed by atoms with van der Waals surface area (Å²) in [6.45, 7) is 4.38. The van der Waals surface area contributed by atoms with Crippen molar-refractivity contribution in [1.29, 1.82) is 0 Å². The van der Waals surface area contributed by atoms with E-state index in [0.717, 1.165) is 5.69 Å². The lowest BCUT2D eigenvalue weighted by Crippen LogP contribution is -2.43. The van der Waals surface area contributed by atoms with E-state index in [2.05, 4.69) is 23.7 Å². The summed E-state index contributed by atoms with van der Waals surface area (Å²) >= 11 is 0. The molecule has 5 heteroatoms. The number of piperidine rings is 1. The molecule has 0 N–H and O–H groups in total. The van der Waals surface area contributed by atoms with E-state index in [-0.39, 0.29) is 5.82 Å². The minimum absolute atomic E-state index is 0.0916. The van der Waals surface area contributed by atoms with Crippen molar-refractivity contribution in [2.75, 3.05) is 4.90 Å². The SMILES string of the molecule is C[C@@H]1CCC[C@@H](C)N1c1ccc([N+](=O)[O-])nc1. The predicted octanol–water partition coefficient (Wildman–Crippen LogP) is 2.76. The van der Waals surface area contributed by atoms with Crippen molar-refractivity contribution in [3.8, 4) is 0 Å². The number of aromatic nitrogens is 1. The zero-order valence-electron chi connectivity index (χ0n) is 10.2. The monoisotopic (exact) mass is 235 g/mol. The highest BCUT2D eigenvalue weighted by Crippen LogP contribution is 2.29. The van der Waals surface area contributed by atoms with Crippen molar-refractivity contribution in [3.63, 3.8) is 0 Å². The molecule has 0 unspecified atom stereocenters. The topological polar surface area (TPSA) is 59.3 Å². The third kappa shape index (κ3) is 2.38. The molecule has 0 amide bonds. The fourth-order valence-electron chi connectivity index (χ4n) is 2.57. The van der Waals surface area contributed by atoms with E-state index in [0.29, 0.717) is 12.1 Å². The van der Waals surface area contributed by atoms with E-state index in [1.54, 1.807) is 12.3 Å². The highest BCUT2D eigenvalue weighted by Gasteiger charge is 2.26. The zero-order valence-corrected chi connectivity index (χ0v) is 10.2. The number of nitro groups is 1. The van der Waals surface area contributed by atoms with Gasteiger partial charge < -0.3 is 15.0 Å². The van der Waals surface area contributed by atoms with Gasteiger partial charge in [0.1, 0.15) is 0 Å². The molecule has 2 rings (SSSR count). The first-order valence-electron chi connectivity index (χ1n) is 5.98. The fraction of sp³-hybridized carbons (Fsp3) is 0.583. The predicted molar refractivity (Wildman–Crippen MR) is 66.1 cm³/mol. The Labute approximate surface area is 101 Å². The summed E-state index contributed by atoms with van der Waals surface area (Å²) in [5.41, 5.74) is 0.982. The second kappa shape index (κ2) is 4.69. The Hall–Kier alpha value is -1.65. The van der Waals surface area contributed by atoms with Gasteiger partial charge in [-0.1, -0.05) is 0 Å². The molecule has 0 bridgehead atoms. The molecule has 0 spiro atoms. The van der Waals surface area contributed by atoms with Crippen LogP contribution in [0.1, 0.15) is 33.1 Å². The van der Waals surface area contributed by atoms with E-state index < -0.39 is 4.92 Å². The molecule has 0 radical (unpaired) electrons. The molecular formula is C12H17N3O2. The van der Waals surface area contributed by atoms with E-state index in [9.17, 15) is 10.1 Å². The molecule has 1 aliphatic heterocycles. The fourth-order valence-corrected chi connectivity index (χ4v) is 2.57. The molecule has 1 aromatic rings. The van der Waals surface area contributed by atoms with Crippen LogP contribution >= 0.6 is 0 Å². The maximum absolute atomic E-state index is 10.5. The van der Waals surface area contributed by atoms with Gasteiger partial charge in [-0.2, -0.15) is 0 Å². The van der Waals surface area contributed by atoms with Crippen LogP contribution in [0.15, 0.2) is 18.3 Å². The number of rotatable bonds is 2.